The van der Waals surface area contributed by atoms with Crippen LogP contribution in [-0.4, -0.2) is 24.0 Å². The number of hydrogen-bond acceptors (Lipinski definition) is 3. The lowest BCUT2D eigenvalue weighted by Gasteiger charge is -2.25. The van der Waals surface area contributed by atoms with Gasteiger partial charge in [0.15, 0.2) is 5.78 Å². The number of anilines is 1. The lowest BCUT2D eigenvalue weighted by Crippen LogP contribution is -2.25. The fraction of sp³-hybridized carbons (Fsp3) is 0.562. The van der Waals surface area contributed by atoms with Gasteiger partial charge in [-0.3, -0.25) is 4.79 Å². The van der Waals surface area contributed by atoms with Crippen molar-refractivity contribution in [2.45, 2.75) is 46.5 Å². The standard InChI is InChI=1S/C16H25NO2/c1-4-6-10-17(11-7-5-2)14-8-9-15(13(3)18)16(19)12-14/h8-9,12,19H,4-7,10-11H2,1-3H3. The Morgan fingerprint density at radius 2 is 1.74 bits per heavy atom. The third kappa shape index (κ3) is 4.58. The highest BCUT2D eigenvalue weighted by Gasteiger charge is 2.11. The van der Waals surface area contributed by atoms with Gasteiger partial charge in [0, 0.05) is 24.8 Å². The topological polar surface area (TPSA) is 40.5 Å². The van der Waals surface area contributed by atoms with E-state index in [2.05, 4.69) is 18.7 Å². The number of nitrogens with zero attached hydrogens (tertiary/aromatic N) is 1. The summed E-state index contributed by atoms with van der Waals surface area (Å²) in [5.41, 5.74) is 1.40. The van der Waals surface area contributed by atoms with E-state index in [1.807, 2.05) is 6.07 Å². The van der Waals surface area contributed by atoms with Crippen LogP contribution in [0.1, 0.15) is 56.8 Å². The molecule has 0 aromatic heterocycles. The van der Waals surface area contributed by atoms with Gasteiger partial charge in [-0.2, -0.15) is 0 Å². The molecule has 3 nitrogen and oxygen atoms in total. The van der Waals surface area contributed by atoms with Crippen molar-refractivity contribution in [2.24, 2.45) is 0 Å². The van der Waals surface area contributed by atoms with Crippen LogP contribution in [0.25, 0.3) is 0 Å². The molecule has 0 heterocycles. The van der Waals surface area contributed by atoms with Gasteiger partial charge >= 0.3 is 0 Å². The molecule has 0 bridgehead atoms. The molecule has 1 aromatic rings. The van der Waals surface area contributed by atoms with Gasteiger partial charge in [-0.1, -0.05) is 26.7 Å². The first-order valence-corrected chi connectivity index (χ1v) is 7.19. The van der Waals surface area contributed by atoms with Crippen LogP contribution >= 0.6 is 0 Å². The fourth-order valence-corrected chi connectivity index (χ4v) is 2.08. The Kier molecular flexibility index (Phi) is 6.40. The van der Waals surface area contributed by atoms with Gasteiger partial charge in [0.1, 0.15) is 5.75 Å². The highest BCUT2D eigenvalue weighted by atomic mass is 16.3. The van der Waals surface area contributed by atoms with Gasteiger partial charge in [0.25, 0.3) is 0 Å². The molecule has 0 aliphatic carbocycles. The summed E-state index contributed by atoms with van der Waals surface area (Å²) in [5, 5.41) is 9.91. The van der Waals surface area contributed by atoms with Gasteiger partial charge < -0.3 is 10.0 Å². The van der Waals surface area contributed by atoms with E-state index in [1.165, 1.54) is 6.92 Å². The maximum atomic E-state index is 11.3. The van der Waals surface area contributed by atoms with E-state index >= 15 is 0 Å². The van der Waals surface area contributed by atoms with Crippen molar-refractivity contribution in [3.05, 3.63) is 23.8 Å². The maximum Gasteiger partial charge on any atom is 0.163 e. The van der Waals surface area contributed by atoms with Crippen LogP contribution in [-0.2, 0) is 0 Å². The van der Waals surface area contributed by atoms with Crippen molar-refractivity contribution < 1.29 is 9.90 Å². The van der Waals surface area contributed by atoms with Crippen LogP contribution < -0.4 is 4.90 Å². The van der Waals surface area contributed by atoms with Crippen LogP contribution in [0.2, 0.25) is 0 Å². The van der Waals surface area contributed by atoms with Crippen molar-refractivity contribution in [3.8, 4) is 5.75 Å². The average Bonchev–Trinajstić information content (AvgIpc) is 2.38. The summed E-state index contributed by atoms with van der Waals surface area (Å²) in [4.78, 5) is 13.6. The second-order valence-corrected chi connectivity index (χ2v) is 4.95. The summed E-state index contributed by atoms with van der Waals surface area (Å²) in [6, 6.07) is 5.36. The number of aromatic hydroxyl groups is 1. The van der Waals surface area contributed by atoms with Crippen LogP contribution in [0, 0.1) is 0 Å². The Hall–Kier alpha value is -1.51. The Bertz CT molecular complexity index is 407. The fourth-order valence-electron chi connectivity index (χ4n) is 2.08. The number of ketones is 1. The molecule has 0 radical (unpaired) electrons. The molecule has 0 fully saturated rings. The summed E-state index contributed by atoms with van der Waals surface area (Å²) in [5.74, 6) is -0.0132. The van der Waals surface area contributed by atoms with E-state index in [-0.39, 0.29) is 11.5 Å². The first-order valence-electron chi connectivity index (χ1n) is 7.19. The van der Waals surface area contributed by atoms with Crippen molar-refractivity contribution in [2.75, 3.05) is 18.0 Å². The Balaban J connectivity index is 2.88. The zero-order valence-electron chi connectivity index (χ0n) is 12.3. The normalized spacial score (nSPS) is 10.5. The molecule has 106 valence electrons. The van der Waals surface area contributed by atoms with Gasteiger partial charge in [0.2, 0.25) is 0 Å². The number of carbonyl (C=O) groups excluding carboxylic acids is 1. The first kappa shape index (κ1) is 15.5. The molecule has 1 aromatic carbocycles. The number of unbranched alkanes of at least 4 members (excludes halogenated alkanes) is 2. The minimum atomic E-state index is -0.0993. The zero-order chi connectivity index (χ0) is 14.3. The van der Waals surface area contributed by atoms with Crippen molar-refractivity contribution in [1.29, 1.82) is 0 Å². The lowest BCUT2D eigenvalue weighted by atomic mass is 10.1. The number of rotatable bonds is 8. The molecule has 1 rings (SSSR count). The number of hydrogen-bond donors (Lipinski definition) is 1. The monoisotopic (exact) mass is 263 g/mol. The number of phenolic OH excluding ortho intramolecular Hbond substituents is 1. The minimum absolute atomic E-state index is 0.0861. The molecule has 0 saturated carbocycles. The largest absolute Gasteiger partial charge is 0.507 e. The van der Waals surface area contributed by atoms with Gasteiger partial charge in [-0.05, 0) is 31.9 Å². The Morgan fingerprint density at radius 1 is 1.16 bits per heavy atom. The second kappa shape index (κ2) is 7.82. The highest BCUT2D eigenvalue weighted by Crippen LogP contribution is 2.25. The lowest BCUT2D eigenvalue weighted by molar-refractivity contribution is 0.101. The van der Waals surface area contributed by atoms with Gasteiger partial charge in [-0.15, -0.1) is 0 Å². The molecule has 3 heteroatoms. The first-order chi connectivity index (χ1) is 9.10. The molecule has 0 atom stereocenters. The van der Waals surface area contributed by atoms with E-state index < -0.39 is 0 Å². The van der Waals surface area contributed by atoms with Crippen LogP contribution in [0.5, 0.6) is 5.75 Å². The smallest absolute Gasteiger partial charge is 0.163 e. The number of benzene rings is 1. The van der Waals surface area contributed by atoms with E-state index in [1.54, 1.807) is 12.1 Å². The molecule has 0 unspecified atom stereocenters. The summed E-state index contributed by atoms with van der Waals surface area (Å²) in [7, 11) is 0. The number of Topliss-reactive ketones (excluding diaryl/α,β-unsaturated/α-hetero) is 1. The zero-order valence-corrected chi connectivity index (χ0v) is 12.3. The molecule has 0 aliphatic rings. The Labute approximate surface area is 116 Å². The van der Waals surface area contributed by atoms with Crippen molar-refractivity contribution in [1.82, 2.24) is 0 Å². The third-order valence-electron chi connectivity index (χ3n) is 3.29. The van der Waals surface area contributed by atoms with Crippen LogP contribution in [0.15, 0.2) is 18.2 Å². The quantitative estimate of drug-likeness (QED) is 0.721. The Morgan fingerprint density at radius 3 is 2.16 bits per heavy atom. The summed E-state index contributed by atoms with van der Waals surface area (Å²) in [6.45, 7) is 7.81. The second-order valence-electron chi connectivity index (χ2n) is 4.95. The molecule has 0 saturated heterocycles. The van der Waals surface area contributed by atoms with E-state index in [9.17, 15) is 9.90 Å². The molecule has 0 spiro atoms. The molecule has 1 N–H and O–H groups in total. The summed E-state index contributed by atoms with van der Waals surface area (Å²) < 4.78 is 0. The number of carbonyl (C=O) groups is 1. The molecule has 0 amide bonds. The maximum absolute atomic E-state index is 11.3. The predicted molar refractivity (Wildman–Crippen MR) is 80.1 cm³/mol. The van der Waals surface area contributed by atoms with Crippen molar-refractivity contribution in [3.63, 3.8) is 0 Å². The van der Waals surface area contributed by atoms with E-state index in [0.29, 0.717) is 5.56 Å². The van der Waals surface area contributed by atoms with Crippen LogP contribution in [0.4, 0.5) is 5.69 Å². The number of phenols is 1. The van der Waals surface area contributed by atoms with Gasteiger partial charge in [0.05, 0.1) is 5.56 Å². The third-order valence-corrected chi connectivity index (χ3v) is 3.29. The van der Waals surface area contributed by atoms with E-state index in [4.69, 9.17) is 0 Å². The van der Waals surface area contributed by atoms with Crippen LogP contribution in [0.3, 0.4) is 0 Å². The molecule has 19 heavy (non-hydrogen) atoms. The summed E-state index contributed by atoms with van der Waals surface area (Å²) in [6.07, 6.45) is 4.58. The molecule has 0 aliphatic heterocycles. The van der Waals surface area contributed by atoms with Crippen molar-refractivity contribution >= 4 is 11.5 Å². The molecular formula is C16H25NO2. The minimum Gasteiger partial charge on any atom is -0.507 e. The predicted octanol–water partition coefficient (Wildman–Crippen LogP) is 4.00. The van der Waals surface area contributed by atoms with E-state index in [0.717, 1.165) is 44.5 Å². The molecular weight excluding hydrogens is 238 g/mol. The highest BCUT2D eigenvalue weighted by molar-refractivity contribution is 5.97. The van der Waals surface area contributed by atoms with Gasteiger partial charge in [-0.25, -0.2) is 0 Å². The summed E-state index contributed by atoms with van der Waals surface area (Å²) >= 11 is 0. The average molecular weight is 263 g/mol. The SMILES string of the molecule is CCCCN(CCCC)c1ccc(C(C)=O)c(O)c1.